The van der Waals surface area contributed by atoms with Gasteiger partial charge in [-0.05, 0) is 130 Å². The van der Waals surface area contributed by atoms with Crippen molar-refractivity contribution < 1.29 is 62.0 Å². The molecule has 2 aromatic rings. The van der Waals surface area contributed by atoms with Gasteiger partial charge in [-0.3, -0.25) is 29.0 Å². The van der Waals surface area contributed by atoms with E-state index in [9.17, 15) is 38.4 Å². The molecule has 0 aliphatic rings. The quantitative estimate of drug-likeness (QED) is 0.0193. The van der Waals surface area contributed by atoms with Crippen molar-refractivity contribution in [3.05, 3.63) is 65.7 Å². The van der Waals surface area contributed by atoms with E-state index >= 15 is 0 Å². The molecule has 6 amide bonds. The number of nitrogens with one attached hydrogen (secondary N) is 6. The summed E-state index contributed by atoms with van der Waals surface area (Å²) in [6, 6.07) is 9.32. The van der Waals surface area contributed by atoms with E-state index in [2.05, 4.69) is 36.9 Å². The predicted molar refractivity (Wildman–Crippen MR) is 282 cm³/mol. The van der Waals surface area contributed by atoms with Crippen LogP contribution in [0.4, 0.5) is 9.59 Å². The fraction of sp³-hybridized carbons (Fsp3) is 0.604. The lowest BCUT2D eigenvalue weighted by atomic mass is 10.00. The smallest absolute Gasteiger partial charge is 0.408 e. The molecule has 75 heavy (non-hydrogen) atoms. The molecule has 2 rings (SSSR count). The highest BCUT2D eigenvalue weighted by Gasteiger charge is 2.35. The van der Waals surface area contributed by atoms with Gasteiger partial charge in [-0.15, -0.1) is 0 Å². The van der Waals surface area contributed by atoms with Gasteiger partial charge >= 0.3 is 24.1 Å². The van der Waals surface area contributed by atoms with Gasteiger partial charge in [0.15, 0.2) is 5.96 Å². The molecule has 22 nitrogen and oxygen atoms in total. The number of ether oxygens (including phenoxy) is 5. The lowest BCUT2D eigenvalue weighted by Crippen LogP contribution is -2.60. The third kappa shape index (κ3) is 27.7. The van der Waals surface area contributed by atoms with Crippen molar-refractivity contribution in [2.24, 2.45) is 22.4 Å². The van der Waals surface area contributed by atoms with E-state index < -0.39 is 101 Å². The summed E-state index contributed by atoms with van der Waals surface area (Å²) in [6.45, 7) is 19.4. The Morgan fingerprint density at radius 1 is 0.587 bits per heavy atom. The van der Waals surface area contributed by atoms with Crippen LogP contribution < -0.4 is 48.1 Å². The third-order valence-electron chi connectivity index (χ3n) is 10.5. The minimum atomic E-state index is -1.49. The molecule has 0 spiro atoms. The highest BCUT2D eigenvalue weighted by Crippen LogP contribution is 2.20. The Hall–Kier alpha value is -7.13. The fourth-order valence-electron chi connectivity index (χ4n) is 7.06. The zero-order chi connectivity index (χ0) is 56.5. The summed E-state index contributed by atoms with van der Waals surface area (Å²) in [5, 5.41) is 16.0. The van der Waals surface area contributed by atoms with Crippen LogP contribution in [0.1, 0.15) is 132 Å². The molecule has 0 heterocycles. The Balaban J connectivity index is 2.45. The van der Waals surface area contributed by atoms with Crippen molar-refractivity contribution in [1.82, 2.24) is 31.9 Å². The topological polar surface area (TPSA) is 319 Å². The normalized spacial score (nSPS) is 13.5. The second-order valence-corrected chi connectivity index (χ2v) is 21.3. The predicted octanol–water partition coefficient (Wildman–Crippen LogP) is 4.34. The number of rotatable bonds is 28. The van der Waals surface area contributed by atoms with E-state index in [0.29, 0.717) is 29.7 Å². The van der Waals surface area contributed by atoms with Crippen LogP contribution in [0.2, 0.25) is 0 Å². The fourth-order valence-corrected chi connectivity index (χ4v) is 7.06. The van der Waals surface area contributed by atoms with E-state index in [4.69, 9.17) is 35.2 Å². The number of hydrogen-bond donors (Lipinski definition) is 8. The zero-order valence-electron chi connectivity index (χ0n) is 45.8. The first-order valence-corrected chi connectivity index (χ1v) is 25.2. The number of methoxy groups -OCH3 is 1. The van der Waals surface area contributed by atoms with Crippen LogP contribution in [0.5, 0.6) is 5.75 Å². The Labute approximate surface area is 441 Å². The minimum absolute atomic E-state index is 0.0361. The molecule has 0 aliphatic carbocycles. The maximum Gasteiger partial charge on any atom is 0.408 e. The molecule has 0 fully saturated rings. The number of aliphatic imine (C=N–C) groups is 1. The molecular weight excluding hydrogens is 971 g/mol. The monoisotopic (exact) mass is 1050 g/mol. The van der Waals surface area contributed by atoms with Gasteiger partial charge in [0.05, 0.1) is 7.11 Å². The highest BCUT2D eigenvalue weighted by molar-refractivity contribution is 5.96. The summed E-state index contributed by atoms with van der Waals surface area (Å²) in [6.07, 6.45) is -1.34. The number of carbonyl (C=O) groups is 8. The first-order valence-electron chi connectivity index (χ1n) is 25.2. The molecular formula is C53H83N9O13. The molecule has 22 heteroatoms. The molecule has 0 saturated carbocycles. The molecule has 2 aromatic carbocycles. The molecule has 0 radical (unpaired) electrons. The Kier molecular flexibility index (Phi) is 26.4. The number of guanidine groups is 1. The van der Waals surface area contributed by atoms with E-state index in [0.717, 1.165) is 0 Å². The summed E-state index contributed by atoms with van der Waals surface area (Å²) >= 11 is 0. The standard InChI is InChI=1S/C53H83N9O13/c1-33(2)42(46(67)60-40(47(68)71-12)31-34-23-25-36(26-24-34)73-51(3,4)5)62-45(66)39(27-28-41(63)74-52(6,7)8)59-43(64)37(22-18-30-56-48(54)55)58-44(65)38(21-16-17-29-57-49(69)75-53(9,10)11)61-50(70)72-32-35-19-14-13-15-20-35/h13-15,19-20,23-26,33,37-40,42H,16-18,21-22,27-32H2,1-12H3,(H,57,69)(H,58,65)(H,59,64)(H,60,67)(H,61,70)(H,62,66)(H4,54,55,56)/t37-,38+,39-,40-,42-/m0/s1. The van der Waals surface area contributed by atoms with Gasteiger partial charge in [0.1, 0.15) is 59.4 Å². The SMILES string of the molecule is COC(=O)[C@H](Cc1ccc(OC(C)(C)C)cc1)NC(=O)[C@@H](NC(=O)[C@H](CCC(=O)OC(C)(C)C)NC(=O)[C@H](CCCN=C(N)N)NC(=O)[C@@H](CCCCNC(=O)OC(C)(C)C)NC(=O)OCc1ccccc1)C(C)C. The summed E-state index contributed by atoms with van der Waals surface area (Å²) in [5.74, 6) is -4.82. The van der Waals surface area contributed by atoms with E-state index in [1.54, 1.807) is 110 Å². The average Bonchev–Trinajstić information content (AvgIpc) is 3.30. The molecule has 10 N–H and O–H groups in total. The Morgan fingerprint density at radius 3 is 1.68 bits per heavy atom. The second-order valence-electron chi connectivity index (χ2n) is 21.3. The average molecular weight is 1050 g/mol. The van der Waals surface area contributed by atoms with Gasteiger partial charge in [0.2, 0.25) is 23.6 Å². The lowest BCUT2D eigenvalue weighted by Gasteiger charge is -2.28. The largest absolute Gasteiger partial charge is 0.488 e. The van der Waals surface area contributed by atoms with Crippen molar-refractivity contribution in [2.45, 2.75) is 181 Å². The highest BCUT2D eigenvalue weighted by atomic mass is 16.6. The van der Waals surface area contributed by atoms with E-state index in [1.165, 1.54) is 7.11 Å². The summed E-state index contributed by atoms with van der Waals surface area (Å²) in [7, 11) is 1.19. The summed E-state index contributed by atoms with van der Waals surface area (Å²) in [5.41, 5.74) is 10.4. The summed E-state index contributed by atoms with van der Waals surface area (Å²) in [4.78, 5) is 112. The van der Waals surface area contributed by atoms with Crippen molar-refractivity contribution in [3.8, 4) is 5.75 Å². The number of nitrogens with two attached hydrogens (primary N) is 2. The zero-order valence-corrected chi connectivity index (χ0v) is 45.8. The van der Waals surface area contributed by atoms with Crippen molar-refractivity contribution in [1.29, 1.82) is 0 Å². The number of nitrogens with zero attached hydrogens (tertiary/aromatic N) is 1. The number of amides is 6. The number of unbranched alkanes of at least 4 members (excludes halogenated alkanes) is 1. The van der Waals surface area contributed by atoms with Crippen LogP contribution in [0, 0.1) is 5.92 Å². The van der Waals surface area contributed by atoms with Crippen LogP contribution in [-0.4, -0.2) is 121 Å². The molecule has 418 valence electrons. The first-order chi connectivity index (χ1) is 34.9. The number of hydrogen-bond acceptors (Lipinski definition) is 14. The molecule has 0 unspecified atom stereocenters. The van der Waals surface area contributed by atoms with Crippen LogP contribution in [0.3, 0.4) is 0 Å². The maximum absolute atomic E-state index is 14.4. The lowest BCUT2D eigenvalue weighted by molar-refractivity contribution is -0.155. The van der Waals surface area contributed by atoms with Crippen molar-refractivity contribution in [3.63, 3.8) is 0 Å². The van der Waals surface area contributed by atoms with Gasteiger partial charge < -0.3 is 67.1 Å². The van der Waals surface area contributed by atoms with Crippen LogP contribution in [0.25, 0.3) is 0 Å². The molecule has 0 saturated heterocycles. The van der Waals surface area contributed by atoms with Crippen LogP contribution in [-0.2, 0) is 60.7 Å². The molecule has 0 aromatic heterocycles. The Bertz CT molecular complexity index is 2200. The van der Waals surface area contributed by atoms with Gasteiger partial charge in [-0.2, -0.15) is 0 Å². The number of benzene rings is 2. The molecule has 5 atom stereocenters. The van der Waals surface area contributed by atoms with E-state index in [1.807, 2.05) is 20.8 Å². The van der Waals surface area contributed by atoms with Crippen molar-refractivity contribution in [2.75, 3.05) is 20.2 Å². The third-order valence-corrected chi connectivity index (χ3v) is 10.5. The second kappa shape index (κ2) is 30.9. The van der Waals surface area contributed by atoms with Gasteiger partial charge in [0, 0.05) is 25.9 Å². The van der Waals surface area contributed by atoms with Gasteiger partial charge in [0.25, 0.3) is 0 Å². The number of esters is 2. The van der Waals surface area contributed by atoms with Crippen LogP contribution in [0.15, 0.2) is 59.6 Å². The number of carbonyl (C=O) groups excluding carboxylic acids is 8. The maximum atomic E-state index is 14.4. The Morgan fingerprint density at radius 2 is 1.13 bits per heavy atom. The van der Waals surface area contributed by atoms with Gasteiger partial charge in [-0.25, -0.2) is 14.4 Å². The van der Waals surface area contributed by atoms with Crippen LogP contribution >= 0.6 is 0 Å². The molecule has 0 bridgehead atoms. The summed E-state index contributed by atoms with van der Waals surface area (Å²) < 4.78 is 27.1. The van der Waals surface area contributed by atoms with Gasteiger partial charge in [-0.1, -0.05) is 56.3 Å². The number of alkyl carbamates (subject to hydrolysis) is 2. The first kappa shape index (κ1) is 64.0. The van der Waals surface area contributed by atoms with Crippen molar-refractivity contribution >= 4 is 53.7 Å². The molecule has 0 aliphatic heterocycles. The van der Waals surface area contributed by atoms with E-state index in [-0.39, 0.29) is 64.2 Å². The minimum Gasteiger partial charge on any atom is -0.488 e.